The lowest BCUT2D eigenvalue weighted by atomic mass is 10.2. The number of Topliss-reactive ketones (excluding diaryl/α,β-unsaturated/α-hetero) is 1. The van der Waals surface area contributed by atoms with E-state index in [1.54, 1.807) is 5.41 Å². The monoisotopic (exact) mass is 142 g/mol. The van der Waals surface area contributed by atoms with E-state index in [9.17, 15) is 9.59 Å². The van der Waals surface area contributed by atoms with Gasteiger partial charge in [-0.2, -0.15) is 0 Å². The normalized spacial score (nSPS) is 20.0. The topological polar surface area (TPSA) is 34.1 Å². The van der Waals surface area contributed by atoms with E-state index in [1.165, 1.54) is 0 Å². The van der Waals surface area contributed by atoms with E-state index in [0.717, 1.165) is 11.8 Å². The van der Waals surface area contributed by atoms with Crippen LogP contribution in [0.25, 0.3) is 0 Å². The zero-order valence-electron chi connectivity index (χ0n) is 4.79. The Kier molecular flexibility index (Phi) is 2.05. The molecule has 48 valence electrons. The quantitative estimate of drug-likeness (QED) is 0.475. The summed E-state index contributed by atoms with van der Waals surface area (Å²) in [4.78, 5) is 21.2. The van der Waals surface area contributed by atoms with Gasteiger partial charge in [-0.1, -0.05) is 17.8 Å². The zero-order chi connectivity index (χ0) is 6.69. The number of hydrogen-bond acceptors (Lipinski definition) is 3. The maximum Gasteiger partial charge on any atom is 0.259 e. The predicted molar refractivity (Wildman–Crippen MR) is 36.0 cm³/mol. The van der Waals surface area contributed by atoms with Gasteiger partial charge in [0.05, 0.1) is 0 Å². The highest BCUT2D eigenvalue weighted by Crippen LogP contribution is 2.12. The zero-order valence-corrected chi connectivity index (χ0v) is 5.61. The first-order valence-electron chi connectivity index (χ1n) is 2.69. The van der Waals surface area contributed by atoms with Gasteiger partial charge in [0.25, 0.3) is 5.12 Å². The van der Waals surface area contributed by atoms with Gasteiger partial charge in [0.1, 0.15) is 0 Å². The Labute approximate surface area is 57.3 Å². The molecule has 0 bridgehead atoms. The van der Waals surface area contributed by atoms with Crippen LogP contribution in [0.2, 0.25) is 0 Å². The number of carbonyl (C=O) groups is 2. The molecule has 0 fully saturated rings. The van der Waals surface area contributed by atoms with E-state index in [1.807, 2.05) is 6.08 Å². The third-order valence-corrected chi connectivity index (χ3v) is 1.81. The van der Waals surface area contributed by atoms with Gasteiger partial charge in [0.2, 0.25) is 5.78 Å². The predicted octanol–water partition coefficient (Wildman–Crippen LogP) is 1.12. The molecule has 0 aromatic heterocycles. The number of rotatable bonds is 0. The Balaban J connectivity index is 2.63. The van der Waals surface area contributed by atoms with E-state index in [0.29, 0.717) is 12.8 Å². The molecule has 0 spiro atoms. The average molecular weight is 142 g/mol. The van der Waals surface area contributed by atoms with Crippen molar-refractivity contribution in [3.8, 4) is 0 Å². The summed E-state index contributed by atoms with van der Waals surface area (Å²) >= 11 is 0.978. The van der Waals surface area contributed by atoms with Crippen LogP contribution >= 0.6 is 11.8 Å². The van der Waals surface area contributed by atoms with Crippen LogP contribution in [0, 0.1) is 0 Å². The van der Waals surface area contributed by atoms with Gasteiger partial charge < -0.3 is 0 Å². The molecule has 3 heteroatoms. The van der Waals surface area contributed by atoms with Gasteiger partial charge in [0.15, 0.2) is 0 Å². The molecule has 0 unspecified atom stereocenters. The van der Waals surface area contributed by atoms with Gasteiger partial charge in [-0.25, -0.2) is 0 Å². The first-order valence-corrected chi connectivity index (χ1v) is 3.57. The number of ketones is 1. The number of allylic oxidation sites excluding steroid dienone is 1. The summed E-state index contributed by atoms with van der Waals surface area (Å²) in [5, 5.41) is 1.34. The van der Waals surface area contributed by atoms with Crippen LogP contribution in [0.5, 0.6) is 0 Å². The SMILES string of the molecule is O=C1CCC=CSC1=O. The molecular formula is C6H6O2S. The summed E-state index contributed by atoms with van der Waals surface area (Å²) in [6.07, 6.45) is 2.92. The first-order chi connectivity index (χ1) is 4.30. The van der Waals surface area contributed by atoms with Crippen molar-refractivity contribution in [3.05, 3.63) is 11.5 Å². The van der Waals surface area contributed by atoms with Crippen molar-refractivity contribution in [1.29, 1.82) is 0 Å². The van der Waals surface area contributed by atoms with E-state index < -0.39 is 0 Å². The second-order valence-corrected chi connectivity index (χ2v) is 2.62. The summed E-state index contributed by atoms with van der Waals surface area (Å²) in [6, 6.07) is 0. The van der Waals surface area contributed by atoms with Crippen LogP contribution in [0.15, 0.2) is 11.5 Å². The first kappa shape index (κ1) is 6.55. The number of carbonyl (C=O) groups excluding carboxylic acids is 2. The Morgan fingerprint density at radius 3 is 3.00 bits per heavy atom. The fraction of sp³-hybridized carbons (Fsp3) is 0.333. The van der Waals surface area contributed by atoms with Gasteiger partial charge in [-0.15, -0.1) is 0 Å². The minimum Gasteiger partial charge on any atom is -0.290 e. The highest BCUT2D eigenvalue weighted by atomic mass is 32.2. The van der Waals surface area contributed by atoms with Crippen molar-refractivity contribution in [1.82, 2.24) is 0 Å². The highest BCUT2D eigenvalue weighted by Gasteiger charge is 2.13. The second kappa shape index (κ2) is 2.82. The summed E-state index contributed by atoms with van der Waals surface area (Å²) in [5.74, 6) is -0.259. The molecule has 1 rings (SSSR count). The molecular weight excluding hydrogens is 136 g/mol. The lowest BCUT2D eigenvalue weighted by Gasteiger charge is -1.86. The van der Waals surface area contributed by atoms with Crippen molar-refractivity contribution < 1.29 is 9.59 Å². The third kappa shape index (κ3) is 1.68. The van der Waals surface area contributed by atoms with E-state index >= 15 is 0 Å². The lowest BCUT2D eigenvalue weighted by Crippen LogP contribution is -2.06. The van der Waals surface area contributed by atoms with Crippen molar-refractivity contribution in [3.63, 3.8) is 0 Å². The van der Waals surface area contributed by atoms with Gasteiger partial charge >= 0.3 is 0 Å². The minimum atomic E-state index is -0.330. The fourth-order valence-electron chi connectivity index (χ4n) is 0.560. The van der Waals surface area contributed by atoms with Crippen molar-refractivity contribution in [2.75, 3.05) is 0 Å². The van der Waals surface area contributed by atoms with Crippen molar-refractivity contribution in [2.24, 2.45) is 0 Å². The van der Waals surface area contributed by atoms with Crippen LogP contribution in [0.4, 0.5) is 0 Å². The molecule has 0 saturated heterocycles. The standard InChI is InChI=1S/C6H6O2S/c7-5-3-1-2-4-9-6(5)8/h2,4H,1,3H2. The smallest absolute Gasteiger partial charge is 0.259 e. The molecule has 0 aromatic carbocycles. The molecule has 1 aliphatic rings. The van der Waals surface area contributed by atoms with Crippen molar-refractivity contribution >= 4 is 22.7 Å². The van der Waals surface area contributed by atoms with E-state index in [-0.39, 0.29) is 10.9 Å². The Morgan fingerprint density at radius 2 is 2.22 bits per heavy atom. The summed E-state index contributed by atoms with van der Waals surface area (Å²) in [7, 11) is 0. The fourth-order valence-corrected chi connectivity index (χ4v) is 1.15. The molecule has 9 heavy (non-hydrogen) atoms. The van der Waals surface area contributed by atoms with Crippen LogP contribution in [0.1, 0.15) is 12.8 Å². The molecule has 1 aliphatic heterocycles. The van der Waals surface area contributed by atoms with E-state index in [2.05, 4.69) is 0 Å². The number of thioether (sulfide) groups is 1. The Morgan fingerprint density at radius 1 is 1.44 bits per heavy atom. The molecule has 2 nitrogen and oxygen atoms in total. The van der Waals surface area contributed by atoms with Crippen LogP contribution in [0.3, 0.4) is 0 Å². The van der Waals surface area contributed by atoms with Crippen LogP contribution < -0.4 is 0 Å². The van der Waals surface area contributed by atoms with Gasteiger partial charge in [-0.3, -0.25) is 9.59 Å². The van der Waals surface area contributed by atoms with E-state index in [4.69, 9.17) is 0 Å². The minimum absolute atomic E-state index is 0.259. The molecule has 0 radical (unpaired) electrons. The maximum atomic E-state index is 10.6. The average Bonchev–Trinajstić information content (AvgIpc) is 1.99. The molecule has 0 aliphatic carbocycles. The largest absolute Gasteiger partial charge is 0.290 e. The van der Waals surface area contributed by atoms with Crippen LogP contribution in [-0.4, -0.2) is 10.9 Å². The number of hydrogen-bond donors (Lipinski definition) is 0. The molecule has 0 amide bonds. The van der Waals surface area contributed by atoms with Crippen molar-refractivity contribution in [2.45, 2.75) is 12.8 Å². The Bertz CT molecular complexity index is 172. The summed E-state index contributed by atoms with van der Waals surface area (Å²) < 4.78 is 0. The third-order valence-electron chi connectivity index (χ3n) is 1.04. The maximum absolute atomic E-state index is 10.6. The van der Waals surface area contributed by atoms with Gasteiger partial charge in [-0.05, 0) is 11.8 Å². The summed E-state index contributed by atoms with van der Waals surface area (Å²) in [6.45, 7) is 0. The molecule has 0 atom stereocenters. The molecule has 0 saturated carbocycles. The molecule has 0 aromatic rings. The van der Waals surface area contributed by atoms with Gasteiger partial charge in [0, 0.05) is 6.42 Å². The summed E-state index contributed by atoms with van der Waals surface area (Å²) in [5.41, 5.74) is 0. The lowest BCUT2D eigenvalue weighted by molar-refractivity contribution is -0.131. The molecule has 0 N–H and O–H groups in total. The second-order valence-electron chi connectivity index (χ2n) is 1.74. The van der Waals surface area contributed by atoms with Crippen LogP contribution in [-0.2, 0) is 9.59 Å². The highest BCUT2D eigenvalue weighted by molar-refractivity contribution is 8.17. The molecule has 1 heterocycles. The Hall–Kier alpha value is -0.570.